The second-order valence-corrected chi connectivity index (χ2v) is 6.51. The summed E-state index contributed by atoms with van der Waals surface area (Å²) in [4.78, 5) is 16.3. The van der Waals surface area contributed by atoms with E-state index in [1.807, 2.05) is 55.1 Å². The van der Waals surface area contributed by atoms with Crippen molar-refractivity contribution in [2.75, 3.05) is 5.32 Å². The van der Waals surface area contributed by atoms with E-state index in [2.05, 4.69) is 10.3 Å². The second-order valence-electron chi connectivity index (χ2n) is 6.10. The molecule has 0 saturated carbocycles. The molecular formula is C21H20ClN3O2. The monoisotopic (exact) mass is 381 g/mol. The summed E-state index contributed by atoms with van der Waals surface area (Å²) in [5.41, 5.74) is 2.57. The van der Waals surface area contributed by atoms with Gasteiger partial charge in [-0.05, 0) is 54.5 Å². The Kier molecular flexibility index (Phi) is 5.94. The number of rotatable bonds is 6. The van der Waals surface area contributed by atoms with E-state index in [0.29, 0.717) is 23.1 Å². The number of hydrogen-bond acceptors (Lipinski definition) is 3. The molecule has 5 nitrogen and oxygen atoms in total. The van der Waals surface area contributed by atoms with Crippen LogP contribution in [-0.2, 0) is 18.4 Å². The Bertz CT molecular complexity index is 962. The Balaban J connectivity index is 1.54. The molecule has 3 rings (SSSR count). The van der Waals surface area contributed by atoms with E-state index >= 15 is 0 Å². The number of carbonyl (C=O) groups excluding carboxylic acids is 1. The first-order valence-corrected chi connectivity index (χ1v) is 8.83. The van der Waals surface area contributed by atoms with E-state index in [4.69, 9.17) is 16.3 Å². The SMILES string of the molecule is Cc1ccc(C=CC(=O)Nc2ccc(OCc3nccn3C)cc2)cc1Cl. The summed E-state index contributed by atoms with van der Waals surface area (Å²) in [7, 11) is 1.92. The van der Waals surface area contributed by atoms with Gasteiger partial charge in [0.1, 0.15) is 18.2 Å². The first kappa shape index (κ1) is 18.7. The highest BCUT2D eigenvalue weighted by molar-refractivity contribution is 6.31. The predicted molar refractivity (Wildman–Crippen MR) is 108 cm³/mol. The molecule has 6 heteroatoms. The Morgan fingerprint density at radius 2 is 2.04 bits per heavy atom. The predicted octanol–water partition coefficient (Wildman–Crippen LogP) is 4.61. The summed E-state index contributed by atoms with van der Waals surface area (Å²) in [5.74, 6) is 1.34. The molecule has 1 amide bonds. The number of imidazole rings is 1. The van der Waals surface area contributed by atoms with Crippen LogP contribution in [0, 0.1) is 6.92 Å². The molecule has 3 aromatic rings. The summed E-state index contributed by atoms with van der Waals surface area (Å²) in [6.07, 6.45) is 6.81. The summed E-state index contributed by atoms with van der Waals surface area (Å²) in [5, 5.41) is 3.49. The summed E-state index contributed by atoms with van der Waals surface area (Å²) in [6.45, 7) is 2.32. The molecule has 0 aliphatic rings. The zero-order chi connectivity index (χ0) is 19.2. The third-order valence-electron chi connectivity index (χ3n) is 4.03. The van der Waals surface area contributed by atoms with Gasteiger partial charge in [0.05, 0.1) is 0 Å². The van der Waals surface area contributed by atoms with E-state index in [1.54, 1.807) is 24.4 Å². The maximum absolute atomic E-state index is 12.1. The molecule has 138 valence electrons. The molecule has 1 N–H and O–H groups in total. The summed E-state index contributed by atoms with van der Waals surface area (Å²) >= 11 is 6.09. The summed E-state index contributed by atoms with van der Waals surface area (Å²) < 4.78 is 7.60. The van der Waals surface area contributed by atoms with Crippen molar-refractivity contribution in [1.29, 1.82) is 0 Å². The van der Waals surface area contributed by atoms with Crippen molar-refractivity contribution >= 4 is 29.3 Å². The number of nitrogens with zero attached hydrogens (tertiary/aromatic N) is 2. The zero-order valence-electron chi connectivity index (χ0n) is 15.1. The average Bonchev–Trinajstić information content (AvgIpc) is 3.07. The van der Waals surface area contributed by atoms with Gasteiger partial charge in [-0.2, -0.15) is 0 Å². The third-order valence-corrected chi connectivity index (χ3v) is 4.44. The molecule has 0 aliphatic heterocycles. The van der Waals surface area contributed by atoms with Gasteiger partial charge in [0.2, 0.25) is 5.91 Å². The lowest BCUT2D eigenvalue weighted by atomic mass is 10.1. The molecule has 0 saturated heterocycles. The van der Waals surface area contributed by atoms with Crippen LogP contribution in [0.1, 0.15) is 17.0 Å². The number of benzene rings is 2. The molecule has 0 bridgehead atoms. The molecule has 1 heterocycles. The van der Waals surface area contributed by atoms with Gasteiger partial charge in [0.25, 0.3) is 0 Å². The van der Waals surface area contributed by atoms with Crippen LogP contribution in [0.5, 0.6) is 5.75 Å². The van der Waals surface area contributed by atoms with Gasteiger partial charge in [-0.3, -0.25) is 4.79 Å². The largest absolute Gasteiger partial charge is 0.486 e. The van der Waals surface area contributed by atoms with Crippen LogP contribution in [0.2, 0.25) is 5.02 Å². The fraction of sp³-hybridized carbons (Fsp3) is 0.143. The minimum atomic E-state index is -0.214. The van der Waals surface area contributed by atoms with Crippen LogP contribution in [0.4, 0.5) is 5.69 Å². The highest BCUT2D eigenvalue weighted by atomic mass is 35.5. The lowest BCUT2D eigenvalue weighted by Crippen LogP contribution is -2.07. The standard InChI is InChI=1S/C21H20ClN3O2/c1-15-3-4-16(13-19(15)22)5-10-21(26)24-17-6-8-18(9-7-17)27-14-20-23-11-12-25(20)2/h3-13H,14H2,1-2H3,(H,24,26). The van der Waals surface area contributed by atoms with E-state index in [1.165, 1.54) is 6.08 Å². The van der Waals surface area contributed by atoms with E-state index < -0.39 is 0 Å². The van der Waals surface area contributed by atoms with Crippen LogP contribution in [0.3, 0.4) is 0 Å². The number of hydrogen-bond donors (Lipinski definition) is 1. The topological polar surface area (TPSA) is 56.1 Å². The maximum atomic E-state index is 12.1. The van der Waals surface area contributed by atoms with Crippen molar-refractivity contribution in [1.82, 2.24) is 9.55 Å². The van der Waals surface area contributed by atoms with Gasteiger partial charge in [-0.15, -0.1) is 0 Å². The first-order valence-electron chi connectivity index (χ1n) is 8.45. The average molecular weight is 382 g/mol. The number of amides is 1. The molecule has 0 atom stereocenters. The molecule has 0 spiro atoms. The van der Waals surface area contributed by atoms with Gasteiger partial charge in [0, 0.05) is 36.2 Å². The minimum absolute atomic E-state index is 0.214. The Morgan fingerprint density at radius 1 is 1.26 bits per heavy atom. The lowest BCUT2D eigenvalue weighted by molar-refractivity contribution is -0.111. The Morgan fingerprint density at radius 3 is 2.70 bits per heavy atom. The number of nitrogens with one attached hydrogen (secondary N) is 1. The zero-order valence-corrected chi connectivity index (χ0v) is 15.9. The quantitative estimate of drug-likeness (QED) is 0.634. The van der Waals surface area contributed by atoms with E-state index in [0.717, 1.165) is 17.0 Å². The first-order chi connectivity index (χ1) is 13.0. The molecule has 1 aromatic heterocycles. The molecule has 0 radical (unpaired) electrons. The molecule has 0 unspecified atom stereocenters. The lowest BCUT2D eigenvalue weighted by Gasteiger charge is -2.07. The number of carbonyl (C=O) groups is 1. The van der Waals surface area contributed by atoms with Crippen molar-refractivity contribution in [2.24, 2.45) is 7.05 Å². The number of aromatic nitrogens is 2. The number of anilines is 1. The molecule has 2 aromatic carbocycles. The summed E-state index contributed by atoms with van der Waals surface area (Å²) in [6, 6.07) is 12.9. The van der Waals surface area contributed by atoms with Gasteiger partial charge in [-0.25, -0.2) is 4.98 Å². The Labute approximate surface area is 163 Å². The van der Waals surface area contributed by atoms with Crippen molar-refractivity contribution in [3.63, 3.8) is 0 Å². The third kappa shape index (κ3) is 5.21. The van der Waals surface area contributed by atoms with Crippen molar-refractivity contribution < 1.29 is 9.53 Å². The molecule has 0 fully saturated rings. The molecule has 0 aliphatic carbocycles. The molecule has 27 heavy (non-hydrogen) atoms. The normalized spacial score (nSPS) is 10.9. The highest BCUT2D eigenvalue weighted by Gasteiger charge is 2.02. The van der Waals surface area contributed by atoms with Gasteiger partial charge < -0.3 is 14.6 Å². The smallest absolute Gasteiger partial charge is 0.248 e. The van der Waals surface area contributed by atoms with Crippen LogP contribution in [0.25, 0.3) is 6.08 Å². The van der Waals surface area contributed by atoms with Gasteiger partial charge >= 0.3 is 0 Å². The van der Waals surface area contributed by atoms with E-state index in [-0.39, 0.29) is 5.91 Å². The van der Waals surface area contributed by atoms with Crippen molar-refractivity contribution in [3.8, 4) is 5.75 Å². The number of aryl methyl sites for hydroxylation is 2. The highest BCUT2D eigenvalue weighted by Crippen LogP contribution is 2.18. The van der Waals surface area contributed by atoms with Gasteiger partial charge in [0.15, 0.2) is 0 Å². The minimum Gasteiger partial charge on any atom is -0.486 e. The van der Waals surface area contributed by atoms with Crippen LogP contribution in [-0.4, -0.2) is 15.5 Å². The van der Waals surface area contributed by atoms with Crippen molar-refractivity contribution in [2.45, 2.75) is 13.5 Å². The fourth-order valence-electron chi connectivity index (χ4n) is 2.39. The van der Waals surface area contributed by atoms with Crippen LogP contribution >= 0.6 is 11.6 Å². The fourth-order valence-corrected chi connectivity index (χ4v) is 2.58. The van der Waals surface area contributed by atoms with Crippen LogP contribution in [0.15, 0.2) is 60.9 Å². The Hall–Kier alpha value is -3.05. The maximum Gasteiger partial charge on any atom is 0.248 e. The van der Waals surface area contributed by atoms with Crippen LogP contribution < -0.4 is 10.1 Å². The van der Waals surface area contributed by atoms with E-state index in [9.17, 15) is 4.79 Å². The number of ether oxygens (including phenoxy) is 1. The number of halogens is 1. The van der Waals surface area contributed by atoms with Crippen molar-refractivity contribution in [3.05, 3.63) is 82.9 Å². The molecular weight excluding hydrogens is 362 g/mol. The second kappa shape index (κ2) is 8.56. The van der Waals surface area contributed by atoms with Gasteiger partial charge in [-0.1, -0.05) is 23.7 Å².